The van der Waals surface area contributed by atoms with Crippen molar-refractivity contribution in [2.75, 3.05) is 0 Å². The molecule has 0 aliphatic rings. The number of hydrogen-bond donors (Lipinski definition) is 0. The Balaban J connectivity index is 1.76. The summed E-state index contributed by atoms with van der Waals surface area (Å²) in [5.41, 5.74) is 1.39. The Labute approximate surface area is 115 Å². The van der Waals surface area contributed by atoms with E-state index in [9.17, 15) is 4.79 Å². The Morgan fingerprint density at radius 1 is 1.30 bits per heavy atom. The van der Waals surface area contributed by atoms with Gasteiger partial charge in [-0.2, -0.15) is 10.1 Å². The Bertz CT molecular complexity index is 730. The number of rotatable bonds is 4. The third kappa shape index (κ3) is 2.49. The van der Waals surface area contributed by atoms with E-state index < -0.39 is 0 Å². The van der Waals surface area contributed by atoms with Gasteiger partial charge in [0.15, 0.2) is 5.78 Å². The van der Waals surface area contributed by atoms with Gasteiger partial charge in [-0.1, -0.05) is 35.5 Å². The predicted molar refractivity (Wildman–Crippen MR) is 71.0 cm³/mol. The summed E-state index contributed by atoms with van der Waals surface area (Å²) in [5, 5.41) is 7.89. The monoisotopic (exact) mass is 268 g/mol. The number of aryl methyl sites for hydroxylation is 1. The van der Waals surface area contributed by atoms with Crippen LogP contribution in [0, 0.1) is 0 Å². The van der Waals surface area contributed by atoms with E-state index in [0.717, 1.165) is 5.56 Å². The van der Waals surface area contributed by atoms with Crippen LogP contribution in [0.25, 0.3) is 11.4 Å². The fourth-order valence-corrected chi connectivity index (χ4v) is 1.84. The Morgan fingerprint density at radius 3 is 2.80 bits per heavy atom. The second-order valence-corrected chi connectivity index (χ2v) is 4.38. The molecule has 2 heterocycles. The Kier molecular flexibility index (Phi) is 3.12. The van der Waals surface area contributed by atoms with Gasteiger partial charge < -0.3 is 4.52 Å². The number of nitrogens with zero attached hydrogens (tertiary/aromatic N) is 4. The lowest BCUT2D eigenvalue weighted by atomic mass is 10.1. The molecule has 0 amide bonds. The first-order chi connectivity index (χ1) is 9.72. The molecular formula is C14H12N4O2. The van der Waals surface area contributed by atoms with E-state index in [1.165, 1.54) is 0 Å². The normalized spacial score (nSPS) is 10.7. The van der Waals surface area contributed by atoms with Crippen molar-refractivity contribution >= 4 is 5.78 Å². The van der Waals surface area contributed by atoms with E-state index in [1.807, 2.05) is 25.2 Å². The van der Waals surface area contributed by atoms with Gasteiger partial charge >= 0.3 is 0 Å². The van der Waals surface area contributed by atoms with Crippen molar-refractivity contribution in [3.05, 3.63) is 54.2 Å². The molecule has 0 saturated carbocycles. The minimum atomic E-state index is -0.0491. The summed E-state index contributed by atoms with van der Waals surface area (Å²) < 4.78 is 6.75. The number of hydrogen-bond acceptors (Lipinski definition) is 5. The first-order valence-corrected chi connectivity index (χ1v) is 6.12. The van der Waals surface area contributed by atoms with Crippen LogP contribution in [0.4, 0.5) is 0 Å². The molecule has 3 aromatic rings. The maximum Gasteiger partial charge on any atom is 0.234 e. The van der Waals surface area contributed by atoms with E-state index >= 15 is 0 Å². The molecule has 100 valence electrons. The van der Waals surface area contributed by atoms with E-state index in [2.05, 4.69) is 15.2 Å². The molecule has 0 bridgehead atoms. The van der Waals surface area contributed by atoms with E-state index in [-0.39, 0.29) is 12.2 Å². The maximum atomic E-state index is 12.0. The molecule has 6 nitrogen and oxygen atoms in total. The fourth-order valence-electron chi connectivity index (χ4n) is 1.84. The lowest BCUT2D eigenvalue weighted by Crippen LogP contribution is -2.03. The van der Waals surface area contributed by atoms with Crippen molar-refractivity contribution in [3.8, 4) is 11.4 Å². The SMILES string of the molecule is Cn1cc(-c2noc(CC(=O)c3ccccc3)n2)cn1. The molecule has 1 aromatic carbocycles. The molecule has 0 spiro atoms. The molecule has 2 aromatic heterocycles. The number of benzene rings is 1. The first-order valence-electron chi connectivity index (χ1n) is 6.12. The second-order valence-electron chi connectivity index (χ2n) is 4.38. The van der Waals surface area contributed by atoms with Crippen molar-refractivity contribution < 1.29 is 9.32 Å². The minimum absolute atomic E-state index is 0.0491. The first kappa shape index (κ1) is 12.3. The zero-order valence-electron chi connectivity index (χ0n) is 10.9. The van der Waals surface area contributed by atoms with E-state index in [4.69, 9.17) is 4.52 Å². The lowest BCUT2D eigenvalue weighted by Gasteiger charge is -1.95. The molecule has 20 heavy (non-hydrogen) atoms. The topological polar surface area (TPSA) is 73.8 Å². The molecular weight excluding hydrogens is 256 g/mol. The van der Waals surface area contributed by atoms with Crippen molar-refractivity contribution in [2.45, 2.75) is 6.42 Å². The quantitative estimate of drug-likeness (QED) is 0.675. The second kappa shape index (κ2) is 5.08. The summed E-state index contributed by atoms with van der Waals surface area (Å²) in [5.74, 6) is 0.693. The van der Waals surface area contributed by atoms with Crippen LogP contribution in [0.3, 0.4) is 0 Å². The predicted octanol–water partition coefficient (Wildman–Crippen LogP) is 1.90. The molecule has 0 fully saturated rings. The molecule has 0 saturated heterocycles. The fraction of sp³-hybridized carbons (Fsp3) is 0.143. The van der Waals surface area contributed by atoms with E-state index in [1.54, 1.807) is 29.2 Å². The standard InChI is InChI=1S/C14H12N4O2/c1-18-9-11(8-15-18)14-16-13(20-17-14)7-12(19)10-5-3-2-4-6-10/h2-6,8-9H,7H2,1H3. The molecule has 0 aliphatic carbocycles. The maximum absolute atomic E-state index is 12.0. The Morgan fingerprint density at radius 2 is 2.10 bits per heavy atom. The summed E-state index contributed by atoms with van der Waals surface area (Å²) in [4.78, 5) is 16.2. The van der Waals surface area contributed by atoms with Gasteiger partial charge in [-0.15, -0.1) is 0 Å². The highest BCUT2D eigenvalue weighted by atomic mass is 16.5. The van der Waals surface area contributed by atoms with Crippen LogP contribution >= 0.6 is 0 Å². The molecule has 0 unspecified atom stereocenters. The van der Waals surface area contributed by atoms with E-state index in [0.29, 0.717) is 17.3 Å². The van der Waals surface area contributed by atoms with Gasteiger partial charge in [-0.05, 0) is 0 Å². The lowest BCUT2D eigenvalue weighted by molar-refractivity contribution is 0.0983. The van der Waals surface area contributed by atoms with Crippen LogP contribution < -0.4 is 0 Å². The van der Waals surface area contributed by atoms with Crippen molar-refractivity contribution in [1.29, 1.82) is 0 Å². The van der Waals surface area contributed by atoms with Crippen LogP contribution in [0.15, 0.2) is 47.2 Å². The van der Waals surface area contributed by atoms with Crippen LogP contribution in [0.2, 0.25) is 0 Å². The third-order valence-electron chi connectivity index (χ3n) is 2.84. The summed E-state index contributed by atoms with van der Waals surface area (Å²) in [7, 11) is 1.81. The van der Waals surface area contributed by atoms with Gasteiger partial charge in [-0.3, -0.25) is 9.48 Å². The smallest absolute Gasteiger partial charge is 0.234 e. The number of Topliss-reactive ketones (excluding diaryl/α,β-unsaturated/α-hetero) is 1. The number of aromatic nitrogens is 4. The van der Waals surface area contributed by atoms with Crippen LogP contribution in [-0.2, 0) is 13.5 Å². The van der Waals surface area contributed by atoms with Gasteiger partial charge in [0.05, 0.1) is 18.2 Å². The average molecular weight is 268 g/mol. The van der Waals surface area contributed by atoms with Crippen molar-refractivity contribution in [1.82, 2.24) is 19.9 Å². The summed E-state index contributed by atoms with van der Waals surface area (Å²) >= 11 is 0. The molecule has 6 heteroatoms. The van der Waals surface area contributed by atoms with Crippen LogP contribution in [-0.4, -0.2) is 25.7 Å². The van der Waals surface area contributed by atoms with Gasteiger partial charge in [0.25, 0.3) is 0 Å². The van der Waals surface area contributed by atoms with Crippen LogP contribution in [0.1, 0.15) is 16.2 Å². The number of ketones is 1. The highest BCUT2D eigenvalue weighted by Crippen LogP contribution is 2.15. The minimum Gasteiger partial charge on any atom is -0.338 e. The Hall–Kier alpha value is -2.76. The zero-order valence-corrected chi connectivity index (χ0v) is 10.9. The number of carbonyl (C=O) groups excluding carboxylic acids is 1. The average Bonchev–Trinajstić information content (AvgIpc) is 3.09. The zero-order chi connectivity index (χ0) is 13.9. The number of carbonyl (C=O) groups is 1. The van der Waals surface area contributed by atoms with Gasteiger partial charge in [0.2, 0.25) is 11.7 Å². The summed E-state index contributed by atoms with van der Waals surface area (Å²) in [6.45, 7) is 0. The molecule has 0 atom stereocenters. The van der Waals surface area contributed by atoms with Crippen molar-refractivity contribution in [2.24, 2.45) is 7.05 Å². The van der Waals surface area contributed by atoms with Gasteiger partial charge in [0, 0.05) is 18.8 Å². The highest BCUT2D eigenvalue weighted by Gasteiger charge is 2.14. The third-order valence-corrected chi connectivity index (χ3v) is 2.84. The molecule has 0 N–H and O–H groups in total. The van der Waals surface area contributed by atoms with Gasteiger partial charge in [-0.25, -0.2) is 0 Å². The van der Waals surface area contributed by atoms with Gasteiger partial charge in [0.1, 0.15) is 0 Å². The summed E-state index contributed by atoms with van der Waals surface area (Å²) in [6, 6.07) is 9.04. The molecule has 3 rings (SSSR count). The van der Waals surface area contributed by atoms with Crippen molar-refractivity contribution in [3.63, 3.8) is 0 Å². The largest absolute Gasteiger partial charge is 0.338 e. The van der Waals surface area contributed by atoms with Crippen LogP contribution in [0.5, 0.6) is 0 Å². The molecule has 0 radical (unpaired) electrons. The highest BCUT2D eigenvalue weighted by molar-refractivity contribution is 5.96. The summed E-state index contributed by atoms with van der Waals surface area (Å²) in [6.07, 6.45) is 3.53. The molecule has 0 aliphatic heterocycles.